The molecule has 0 aliphatic carbocycles. The Morgan fingerprint density at radius 3 is 2.97 bits per heavy atom. The van der Waals surface area contributed by atoms with E-state index in [-0.39, 0.29) is 0 Å². The molecule has 4 heterocycles. The van der Waals surface area contributed by atoms with E-state index in [1.807, 2.05) is 6.07 Å². The summed E-state index contributed by atoms with van der Waals surface area (Å²) < 4.78 is 5.28. The molecule has 3 N–H and O–H groups in total. The van der Waals surface area contributed by atoms with Crippen molar-refractivity contribution in [2.45, 2.75) is 44.6 Å². The summed E-state index contributed by atoms with van der Waals surface area (Å²) in [6.45, 7) is 3.86. The Labute approximate surface area is 211 Å². The van der Waals surface area contributed by atoms with Crippen LogP contribution in [0.2, 0.25) is 0 Å². The highest BCUT2D eigenvalue weighted by Gasteiger charge is 2.20. The first kappa shape index (κ1) is 25.7. The average molecular weight is 494 g/mol. The van der Waals surface area contributed by atoms with E-state index in [0.29, 0.717) is 36.4 Å². The molecule has 10 nitrogen and oxygen atoms in total. The zero-order chi connectivity index (χ0) is 25.2. The molecule has 1 atom stereocenters. The van der Waals surface area contributed by atoms with Crippen LogP contribution in [0, 0.1) is 0 Å². The quantitative estimate of drug-likeness (QED) is 0.289. The molecule has 192 valence electrons. The van der Waals surface area contributed by atoms with Gasteiger partial charge in [-0.2, -0.15) is 0 Å². The first-order valence-corrected chi connectivity index (χ1v) is 12.6. The standard InChI is InChI=1S/C26H35N7O3/c1-36-17-16-33(14-3-2-7-20-10-9-19-6-4-12-27-23(19)31-20)15-11-22(26(34)35)32-25-21-8-5-13-28-24(21)29-18-30-25/h5,8-10,13,18,22H,2-4,6-7,11-12,14-17H2,1H3,(H,27,31)(H,34,35)(H,28,29,30,32). The number of hydrogen-bond donors (Lipinski definition) is 3. The normalized spacial score (nSPS) is 13.8. The largest absolute Gasteiger partial charge is 0.480 e. The maximum absolute atomic E-state index is 12.0. The Morgan fingerprint density at radius 1 is 1.19 bits per heavy atom. The molecule has 0 bridgehead atoms. The number of anilines is 2. The van der Waals surface area contributed by atoms with Gasteiger partial charge in [-0.15, -0.1) is 0 Å². The fourth-order valence-corrected chi connectivity index (χ4v) is 4.45. The van der Waals surface area contributed by atoms with Gasteiger partial charge in [-0.25, -0.2) is 24.7 Å². The van der Waals surface area contributed by atoms with Crippen molar-refractivity contribution in [3.05, 3.63) is 48.0 Å². The number of unbranched alkanes of at least 4 members (excludes halogenated alkanes) is 1. The number of carboxylic acid groups (broad SMARTS) is 1. The van der Waals surface area contributed by atoms with Gasteiger partial charge < -0.3 is 25.4 Å². The summed E-state index contributed by atoms with van der Waals surface area (Å²) >= 11 is 0. The number of aliphatic carboxylic acids is 1. The smallest absolute Gasteiger partial charge is 0.326 e. The molecule has 0 aromatic carbocycles. The number of nitrogens with zero attached hydrogens (tertiary/aromatic N) is 5. The highest BCUT2D eigenvalue weighted by atomic mass is 16.5. The number of hydrogen-bond acceptors (Lipinski definition) is 9. The number of pyridine rings is 2. The number of aromatic nitrogens is 4. The Morgan fingerprint density at radius 2 is 2.11 bits per heavy atom. The lowest BCUT2D eigenvalue weighted by Crippen LogP contribution is -2.37. The lowest BCUT2D eigenvalue weighted by atomic mass is 10.1. The van der Waals surface area contributed by atoms with Gasteiger partial charge in [0, 0.05) is 38.6 Å². The molecule has 36 heavy (non-hydrogen) atoms. The lowest BCUT2D eigenvalue weighted by Gasteiger charge is -2.24. The average Bonchev–Trinajstić information content (AvgIpc) is 2.91. The van der Waals surface area contributed by atoms with Crippen molar-refractivity contribution in [1.29, 1.82) is 0 Å². The van der Waals surface area contributed by atoms with Crippen LogP contribution in [0.1, 0.15) is 36.9 Å². The van der Waals surface area contributed by atoms with Crippen molar-refractivity contribution in [1.82, 2.24) is 24.8 Å². The van der Waals surface area contributed by atoms with Crippen molar-refractivity contribution in [3.63, 3.8) is 0 Å². The van der Waals surface area contributed by atoms with Crippen LogP contribution in [0.15, 0.2) is 36.8 Å². The molecule has 3 aromatic heterocycles. The van der Waals surface area contributed by atoms with Crippen LogP contribution in [0.3, 0.4) is 0 Å². The predicted molar refractivity (Wildman–Crippen MR) is 139 cm³/mol. The summed E-state index contributed by atoms with van der Waals surface area (Å²) in [5, 5.41) is 17.0. The second-order valence-corrected chi connectivity index (χ2v) is 9.05. The highest BCUT2D eigenvalue weighted by Crippen LogP contribution is 2.21. The zero-order valence-corrected chi connectivity index (χ0v) is 20.8. The van der Waals surface area contributed by atoms with Crippen LogP contribution < -0.4 is 10.6 Å². The van der Waals surface area contributed by atoms with Gasteiger partial charge in [0.15, 0.2) is 5.65 Å². The van der Waals surface area contributed by atoms with Crippen molar-refractivity contribution < 1.29 is 14.6 Å². The van der Waals surface area contributed by atoms with Gasteiger partial charge >= 0.3 is 5.97 Å². The van der Waals surface area contributed by atoms with Gasteiger partial charge in [-0.05, 0) is 68.8 Å². The highest BCUT2D eigenvalue weighted by molar-refractivity contribution is 5.88. The second-order valence-electron chi connectivity index (χ2n) is 9.05. The summed E-state index contributed by atoms with van der Waals surface area (Å²) in [5.74, 6) is 0.611. The van der Waals surface area contributed by atoms with E-state index in [4.69, 9.17) is 9.72 Å². The van der Waals surface area contributed by atoms with Crippen molar-refractivity contribution in [2.24, 2.45) is 0 Å². The Balaban J connectivity index is 1.29. The molecular formula is C26H35N7O3. The molecule has 0 radical (unpaired) electrons. The van der Waals surface area contributed by atoms with E-state index in [9.17, 15) is 9.90 Å². The fraction of sp³-hybridized carbons (Fsp3) is 0.500. The van der Waals surface area contributed by atoms with Crippen LogP contribution in [0.5, 0.6) is 0 Å². The van der Waals surface area contributed by atoms with E-state index >= 15 is 0 Å². The summed E-state index contributed by atoms with van der Waals surface area (Å²) in [7, 11) is 1.68. The molecule has 1 unspecified atom stereocenters. The Kier molecular flexibility index (Phi) is 9.34. The molecule has 1 aliphatic rings. The van der Waals surface area contributed by atoms with Gasteiger partial charge in [0.2, 0.25) is 0 Å². The van der Waals surface area contributed by atoms with E-state index < -0.39 is 12.0 Å². The first-order chi connectivity index (χ1) is 17.6. The third-order valence-corrected chi connectivity index (χ3v) is 6.47. The van der Waals surface area contributed by atoms with E-state index in [1.165, 1.54) is 11.9 Å². The summed E-state index contributed by atoms with van der Waals surface area (Å²) in [6, 6.07) is 7.19. The molecule has 0 saturated heterocycles. The molecule has 0 saturated carbocycles. The van der Waals surface area contributed by atoms with Crippen molar-refractivity contribution in [3.8, 4) is 0 Å². The minimum Gasteiger partial charge on any atom is -0.480 e. The second kappa shape index (κ2) is 13.1. The minimum atomic E-state index is -0.913. The van der Waals surface area contributed by atoms with Crippen LogP contribution in [0.25, 0.3) is 11.0 Å². The van der Waals surface area contributed by atoms with E-state index in [0.717, 1.165) is 63.3 Å². The van der Waals surface area contributed by atoms with Crippen LogP contribution in [-0.4, -0.2) is 81.8 Å². The van der Waals surface area contributed by atoms with Crippen molar-refractivity contribution >= 4 is 28.6 Å². The lowest BCUT2D eigenvalue weighted by molar-refractivity contribution is -0.138. The SMILES string of the molecule is COCCN(CCCCc1ccc2c(n1)NCCC2)CCC(Nc1ncnc2ncccc12)C(=O)O. The van der Waals surface area contributed by atoms with Gasteiger partial charge in [-0.1, -0.05) is 6.07 Å². The van der Waals surface area contributed by atoms with Crippen LogP contribution in [-0.2, 0) is 22.4 Å². The minimum absolute atomic E-state index is 0.433. The van der Waals surface area contributed by atoms with Gasteiger partial charge in [0.1, 0.15) is 24.0 Å². The molecule has 4 rings (SSSR count). The molecule has 1 aliphatic heterocycles. The molecule has 0 fully saturated rings. The van der Waals surface area contributed by atoms with Gasteiger partial charge in [-0.3, -0.25) is 0 Å². The number of nitrogens with one attached hydrogen (secondary N) is 2. The summed E-state index contributed by atoms with van der Waals surface area (Å²) in [6.07, 6.45) is 8.70. The number of carbonyl (C=O) groups is 1. The number of fused-ring (bicyclic) bond motifs is 2. The van der Waals surface area contributed by atoms with Gasteiger partial charge in [0.05, 0.1) is 12.0 Å². The Bertz CT molecular complexity index is 1140. The monoisotopic (exact) mass is 493 g/mol. The maximum Gasteiger partial charge on any atom is 0.326 e. The number of methoxy groups -OCH3 is 1. The van der Waals surface area contributed by atoms with E-state index in [2.05, 4.69) is 42.6 Å². The molecular weight excluding hydrogens is 458 g/mol. The summed E-state index contributed by atoms with van der Waals surface area (Å²) in [5.41, 5.74) is 2.96. The van der Waals surface area contributed by atoms with Gasteiger partial charge in [0.25, 0.3) is 0 Å². The van der Waals surface area contributed by atoms with Crippen LogP contribution >= 0.6 is 0 Å². The summed E-state index contributed by atoms with van der Waals surface area (Å²) in [4.78, 5) is 31.7. The maximum atomic E-state index is 12.0. The number of carboxylic acids is 1. The zero-order valence-electron chi connectivity index (χ0n) is 20.8. The molecule has 3 aromatic rings. The van der Waals surface area contributed by atoms with Crippen molar-refractivity contribution in [2.75, 3.05) is 50.5 Å². The predicted octanol–water partition coefficient (Wildman–Crippen LogP) is 3.00. The number of aryl methyl sites for hydroxylation is 2. The van der Waals surface area contributed by atoms with E-state index in [1.54, 1.807) is 19.4 Å². The third-order valence-electron chi connectivity index (χ3n) is 6.47. The first-order valence-electron chi connectivity index (χ1n) is 12.6. The molecule has 0 amide bonds. The number of ether oxygens (including phenoxy) is 1. The van der Waals surface area contributed by atoms with Crippen LogP contribution in [0.4, 0.5) is 11.6 Å². The third kappa shape index (κ3) is 7.08. The molecule has 10 heteroatoms. The fourth-order valence-electron chi connectivity index (χ4n) is 4.45. The molecule has 0 spiro atoms. The number of rotatable bonds is 14. The Hall–Kier alpha value is -3.37. The topological polar surface area (TPSA) is 125 Å².